The van der Waals surface area contributed by atoms with Gasteiger partial charge in [-0.05, 0) is 48.5 Å². The number of anilines is 2. The van der Waals surface area contributed by atoms with E-state index in [1.54, 1.807) is 12.3 Å². The molecule has 0 saturated carbocycles. The first-order valence-corrected chi connectivity index (χ1v) is 6.99. The average Bonchev–Trinajstić information content (AvgIpc) is 2.42. The molecular weight excluding hydrogens is 269 g/mol. The molecule has 2 aromatic rings. The van der Waals surface area contributed by atoms with Crippen LogP contribution in [0, 0.1) is 6.92 Å². The summed E-state index contributed by atoms with van der Waals surface area (Å²) in [6.07, 6.45) is 2.61. The van der Waals surface area contributed by atoms with Gasteiger partial charge in [0.15, 0.2) is 0 Å². The van der Waals surface area contributed by atoms with E-state index in [0.29, 0.717) is 18.5 Å². The molecule has 0 aliphatic rings. The smallest absolute Gasteiger partial charge is 0.224 e. The van der Waals surface area contributed by atoms with Crippen LogP contribution in [-0.2, 0) is 11.2 Å². The van der Waals surface area contributed by atoms with Crippen LogP contribution in [0.25, 0.3) is 0 Å². The summed E-state index contributed by atoms with van der Waals surface area (Å²) >= 11 is 0. The van der Waals surface area contributed by atoms with E-state index in [1.807, 2.05) is 31.2 Å². The van der Waals surface area contributed by atoms with Crippen molar-refractivity contribution >= 4 is 31.8 Å². The number of hydrogen-bond acceptors (Lipinski definition) is 3. The minimum absolute atomic E-state index is 0.0143. The molecule has 0 aliphatic carbocycles. The molecule has 1 aromatic heterocycles. The Morgan fingerprint density at radius 3 is 2.80 bits per heavy atom. The third-order valence-corrected chi connectivity index (χ3v) is 3.66. The Morgan fingerprint density at radius 1 is 1.35 bits per heavy atom. The first-order valence-electron chi connectivity index (χ1n) is 6.41. The highest BCUT2D eigenvalue weighted by molar-refractivity contribution is 7.27. The Balaban J connectivity index is 1.89. The zero-order valence-corrected chi connectivity index (χ0v) is 12.5. The number of hydrogen-bond donors (Lipinski definition) is 2. The van der Waals surface area contributed by atoms with Crippen LogP contribution in [0.1, 0.15) is 17.7 Å². The van der Waals surface area contributed by atoms with E-state index in [9.17, 15) is 4.79 Å². The predicted octanol–water partition coefficient (Wildman–Crippen LogP) is 2.04. The molecule has 1 heterocycles. The zero-order chi connectivity index (χ0) is 14.5. The number of rotatable bonds is 4. The average molecular weight is 287 g/mol. The van der Waals surface area contributed by atoms with E-state index < -0.39 is 0 Å². The van der Waals surface area contributed by atoms with E-state index >= 15 is 0 Å². The molecule has 3 N–H and O–H groups in total. The summed E-state index contributed by atoms with van der Waals surface area (Å²) in [6, 6.07) is 9.46. The molecule has 1 atom stereocenters. The maximum Gasteiger partial charge on any atom is 0.224 e. The molecular formula is C15H18N3OP. The second kappa shape index (κ2) is 6.49. The number of amides is 1. The minimum Gasteiger partial charge on any atom is -0.397 e. The first-order chi connectivity index (χ1) is 9.54. The standard InChI is InChI=1S/C15H18N3OP/c1-10-8-13(4-6-14(10)20)18-15(19)7-5-12-3-2-11(16)9-17-12/h2-4,6,8-9H,5,7,16,20H2,1H3,(H,18,19). The van der Waals surface area contributed by atoms with E-state index in [-0.39, 0.29) is 5.91 Å². The highest BCUT2D eigenvalue weighted by atomic mass is 31.0. The fourth-order valence-electron chi connectivity index (χ4n) is 1.80. The van der Waals surface area contributed by atoms with Crippen molar-refractivity contribution in [3.05, 3.63) is 47.8 Å². The summed E-state index contributed by atoms with van der Waals surface area (Å²) in [7, 11) is 2.66. The molecule has 20 heavy (non-hydrogen) atoms. The van der Waals surface area contributed by atoms with Crippen molar-refractivity contribution in [2.45, 2.75) is 19.8 Å². The number of carbonyl (C=O) groups excluding carboxylic acids is 1. The molecule has 0 bridgehead atoms. The van der Waals surface area contributed by atoms with Crippen LogP contribution in [0.3, 0.4) is 0 Å². The van der Waals surface area contributed by atoms with Gasteiger partial charge in [0.1, 0.15) is 0 Å². The van der Waals surface area contributed by atoms with Gasteiger partial charge in [0.05, 0.1) is 11.9 Å². The number of carbonyl (C=O) groups is 1. The Labute approximate surface area is 121 Å². The SMILES string of the molecule is Cc1cc(NC(=O)CCc2ccc(N)cn2)ccc1P. The molecule has 4 nitrogen and oxygen atoms in total. The van der Waals surface area contributed by atoms with Crippen LogP contribution in [-0.4, -0.2) is 10.9 Å². The van der Waals surface area contributed by atoms with Crippen molar-refractivity contribution in [1.29, 1.82) is 0 Å². The summed E-state index contributed by atoms with van der Waals surface area (Å²) in [4.78, 5) is 16.1. The summed E-state index contributed by atoms with van der Waals surface area (Å²) in [5.74, 6) is -0.0143. The highest BCUT2D eigenvalue weighted by Crippen LogP contribution is 2.11. The number of aryl methyl sites for hydroxylation is 2. The second-order valence-electron chi connectivity index (χ2n) is 4.70. The normalized spacial score (nSPS) is 10.3. The van der Waals surface area contributed by atoms with Gasteiger partial charge < -0.3 is 11.1 Å². The van der Waals surface area contributed by atoms with Crippen LogP contribution in [0.2, 0.25) is 0 Å². The molecule has 1 amide bonds. The summed E-state index contributed by atoms with van der Waals surface area (Å²) in [6.45, 7) is 2.01. The molecule has 0 aliphatic heterocycles. The van der Waals surface area contributed by atoms with Crippen molar-refractivity contribution in [2.75, 3.05) is 11.1 Å². The number of pyridine rings is 1. The van der Waals surface area contributed by atoms with Crippen LogP contribution < -0.4 is 16.4 Å². The third-order valence-electron chi connectivity index (χ3n) is 3.01. The van der Waals surface area contributed by atoms with E-state index in [2.05, 4.69) is 19.5 Å². The van der Waals surface area contributed by atoms with E-state index in [4.69, 9.17) is 5.73 Å². The van der Waals surface area contributed by atoms with Gasteiger partial charge in [-0.3, -0.25) is 9.78 Å². The van der Waals surface area contributed by atoms with Crippen LogP contribution in [0.5, 0.6) is 0 Å². The van der Waals surface area contributed by atoms with Crippen molar-refractivity contribution < 1.29 is 4.79 Å². The molecule has 2 rings (SSSR count). The number of benzene rings is 1. The lowest BCUT2D eigenvalue weighted by atomic mass is 10.2. The fourth-order valence-corrected chi connectivity index (χ4v) is 1.98. The summed E-state index contributed by atoms with van der Waals surface area (Å²) in [5.41, 5.74) is 9.02. The molecule has 0 saturated heterocycles. The van der Waals surface area contributed by atoms with Crippen LogP contribution in [0.4, 0.5) is 11.4 Å². The Kier molecular flexibility index (Phi) is 4.70. The molecule has 104 valence electrons. The lowest BCUT2D eigenvalue weighted by Gasteiger charge is -2.07. The third kappa shape index (κ3) is 4.04. The summed E-state index contributed by atoms with van der Waals surface area (Å²) in [5, 5.41) is 4.02. The van der Waals surface area contributed by atoms with Crippen molar-refractivity contribution in [1.82, 2.24) is 4.98 Å². The Morgan fingerprint density at radius 2 is 2.15 bits per heavy atom. The largest absolute Gasteiger partial charge is 0.397 e. The number of aromatic nitrogens is 1. The minimum atomic E-state index is -0.0143. The second-order valence-corrected chi connectivity index (χ2v) is 5.32. The van der Waals surface area contributed by atoms with Gasteiger partial charge in [0.25, 0.3) is 0 Å². The van der Waals surface area contributed by atoms with Gasteiger partial charge in [-0.25, -0.2) is 0 Å². The van der Waals surface area contributed by atoms with Gasteiger partial charge in [0.2, 0.25) is 5.91 Å². The van der Waals surface area contributed by atoms with Crippen molar-refractivity contribution in [3.63, 3.8) is 0 Å². The van der Waals surface area contributed by atoms with E-state index in [1.165, 1.54) is 0 Å². The lowest BCUT2D eigenvalue weighted by molar-refractivity contribution is -0.116. The van der Waals surface area contributed by atoms with Gasteiger partial charge in [0, 0.05) is 17.8 Å². The molecule has 0 fully saturated rings. The summed E-state index contributed by atoms with van der Waals surface area (Å²) < 4.78 is 0. The predicted molar refractivity (Wildman–Crippen MR) is 86.1 cm³/mol. The van der Waals surface area contributed by atoms with Crippen LogP contribution >= 0.6 is 9.24 Å². The molecule has 5 heteroatoms. The van der Waals surface area contributed by atoms with Gasteiger partial charge in [-0.2, -0.15) is 0 Å². The topological polar surface area (TPSA) is 68.0 Å². The highest BCUT2D eigenvalue weighted by Gasteiger charge is 2.05. The number of nitrogens with two attached hydrogens (primary N) is 1. The maximum absolute atomic E-state index is 11.9. The maximum atomic E-state index is 11.9. The lowest BCUT2D eigenvalue weighted by Crippen LogP contribution is -2.13. The van der Waals surface area contributed by atoms with Gasteiger partial charge >= 0.3 is 0 Å². The van der Waals surface area contributed by atoms with Gasteiger partial charge in [-0.1, -0.05) is 6.07 Å². The monoisotopic (exact) mass is 287 g/mol. The quantitative estimate of drug-likeness (QED) is 0.846. The van der Waals surface area contributed by atoms with E-state index in [0.717, 1.165) is 22.2 Å². The zero-order valence-electron chi connectivity index (χ0n) is 11.4. The van der Waals surface area contributed by atoms with Gasteiger partial charge in [-0.15, -0.1) is 9.24 Å². The number of nitrogens with zero attached hydrogens (tertiary/aromatic N) is 1. The number of nitrogen functional groups attached to an aromatic ring is 1. The molecule has 1 unspecified atom stereocenters. The Hall–Kier alpha value is -1.93. The fraction of sp³-hybridized carbons (Fsp3) is 0.200. The Bertz CT molecular complexity index is 611. The first kappa shape index (κ1) is 14.5. The van der Waals surface area contributed by atoms with Crippen molar-refractivity contribution in [2.24, 2.45) is 0 Å². The number of nitrogens with one attached hydrogen (secondary N) is 1. The van der Waals surface area contributed by atoms with Crippen LogP contribution in [0.15, 0.2) is 36.5 Å². The molecule has 0 spiro atoms. The molecule has 1 aromatic carbocycles. The molecule has 0 radical (unpaired) electrons. The van der Waals surface area contributed by atoms with Crippen molar-refractivity contribution in [3.8, 4) is 0 Å².